The Kier molecular flexibility index (Phi) is 3.85. The molecule has 0 spiro atoms. The topological polar surface area (TPSA) is 46.5 Å². The number of aliphatic carboxylic acids is 1. The molecule has 19 heavy (non-hydrogen) atoms. The Bertz CT molecular complexity index is 490. The van der Waals surface area contributed by atoms with Crippen LogP contribution in [0.4, 0.5) is 8.78 Å². The normalized spacial score (nSPS) is 26.6. The molecule has 2 rings (SSSR count). The van der Waals surface area contributed by atoms with Crippen molar-refractivity contribution in [1.29, 1.82) is 0 Å². The number of carbonyl (C=O) groups is 1. The van der Waals surface area contributed by atoms with Gasteiger partial charge in [0.25, 0.3) is 0 Å². The van der Waals surface area contributed by atoms with Crippen LogP contribution in [-0.4, -0.2) is 17.7 Å². The molecule has 1 aromatic rings. The molecular weight excluding hydrogens is 254 g/mol. The minimum atomic E-state index is -0.949. The first-order valence-corrected chi connectivity index (χ1v) is 6.31. The van der Waals surface area contributed by atoms with Crippen LogP contribution in [0, 0.1) is 17.6 Å². The van der Waals surface area contributed by atoms with Gasteiger partial charge in [-0.1, -0.05) is 19.4 Å². The molecule has 0 radical (unpaired) electrons. The Balaban J connectivity index is 2.37. The van der Waals surface area contributed by atoms with Gasteiger partial charge in [-0.15, -0.1) is 0 Å². The van der Waals surface area contributed by atoms with Gasteiger partial charge in [0, 0.05) is 11.6 Å². The van der Waals surface area contributed by atoms with E-state index in [9.17, 15) is 13.6 Å². The SMILES string of the molecule is CCCC1(c2ccc(F)cc2F)CC(C(=O)O)CO1. The van der Waals surface area contributed by atoms with Gasteiger partial charge in [0.05, 0.1) is 18.1 Å². The molecular formula is C14H16F2O3. The quantitative estimate of drug-likeness (QED) is 0.914. The number of hydrogen-bond acceptors (Lipinski definition) is 2. The second-order valence-electron chi connectivity index (χ2n) is 4.92. The molecule has 3 nitrogen and oxygen atoms in total. The maximum Gasteiger partial charge on any atom is 0.308 e. The molecule has 1 heterocycles. The maximum atomic E-state index is 13.9. The highest BCUT2D eigenvalue weighted by Crippen LogP contribution is 2.43. The summed E-state index contributed by atoms with van der Waals surface area (Å²) in [6.45, 7) is 1.98. The molecule has 1 aliphatic heterocycles. The minimum Gasteiger partial charge on any atom is -0.481 e. The molecule has 1 fully saturated rings. The van der Waals surface area contributed by atoms with Crippen molar-refractivity contribution in [3.63, 3.8) is 0 Å². The lowest BCUT2D eigenvalue weighted by atomic mass is 9.83. The van der Waals surface area contributed by atoms with Crippen molar-refractivity contribution in [1.82, 2.24) is 0 Å². The van der Waals surface area contributed by atoms with E-state index in [4.69, 9.17) is 9.84 Å². The fraction of sp³-hybridized carbons (Fsp3) is 0.500. The summed E-state index contributed by atoms with van der Waals surface area (Å²) in [5.41, 5.74) is -0.699. The summed E-state index contributed by atoms with van der Waals surface area (Å²) >= 11 is 0. The van der Waals surface area contributed by atoms with Crippen molar-refractivity contribution < 1.29 is 23.4 Å². The average Bonchev–Trinajstić information content (AvgIpc) is 2.74. The molecule has 0 bridgehead atoms. The first-order valence-electron chi connectivity index (χ1n) is 6.31. The minimum absolute atomic E-state index is 0.0617. The summed E-state index contributed by atoms with van der Waals surface area (Å²) in [7, 11) is 0. The summed E-state index contributed by atoms with van der Waals surface area (Å²) in [5, 5.41) is 9.04. The molecule has 1 aromatic carbocycles. The number of benzene rings is 1. The Morgan fingerprint density at radius 2 is 2.26 bits per heavy atom. The second-order valence-corrected chi connectivity index (χ2v) is 4.92. The van der Waals surface area contributed by atoms with Crippen LogP contribution in [0.1, 0.15) is 31.7 Å². The lowest BCUT2D eigenvalue weighted by Crippen LogP contribution is -2.27. The van der Waals surface area contributed by atoms with Crippen molar-refractivity contribution in [2.45, 2.75) is 31.8 Å². The van der Waals surface area contributed by atoms with Crippen LogP contribution in [0.25, 0.3) is 0 Å². The third-order valence-electron chi connectivity index (χ3n) is 3.56. The summed E-state index contributed by atoms with van der Waals surface area (Å²) in [6.07, 6.45) is 1.46. The van der Waals surface area contributed by atoms with E-state index in [0.717, 1.165) is 12.5 Å². The summed E-state index contributed by atoms with van der Waals surface area (Å²) < 4.78 is 32.5. The number of rotatable bonds is 4. The van der Waals surface area contributed by atoms with Crippen LogP contribution >= 0.6 is 0 Å². The molecule has 0 amide bonds. The number of hydrogen-bond donors (Lipinski definition) is 1. The maximum absolute atomic E-state index is 13.9. The van der Waals surface area contributed by atoms with Crippen molar-refractivity contribution in [3.8, 4) is 0 Å². The number of carboxylic acids is 1. The van der Waals surface area contributed by atoms with Crippen LogP contribution in [0.2, 0.25) is 0 Å². The number of halogens is 2. The fourth-order valence-corrected chi connectivity index (χ4v) is 2.69. The molecule has 5 heteroatoms. The van der Waals surface area contributed by atoms with E-state index in [1.807, 2.05) is 6.92 Å². The van der Waals surface area contributed by atoms with Crippen molar-refractivity contribution in [2.75, 3.05) is 6.61 Å². The van der Waals surface area contributed by atoms with Gasteiger partial charge in [-0.2, -0.15) is 0 Å². The van der Waals surface area contributed by atoms with Gasteiger partial charge in [0.2, 0.25) is 0 Å². The van der Waals surface area contributed by atoms with Crippen molar-refractivity contribution >= 4 is 5.97 Å². The summed E-state index contributed by atoms with van der Waals surface area (Å²) in [4.78, 5) is 11.0. The fourth-order valence-electron chi connectivity index (χ4n) is 2.69. The molecule has 1 N–H and O–H groups in total. The average molecular weight is 270 g/mol. The Morgan fingerprint density at radius 3 is 2.79 bits per heavy atom. The predicted molar refractivity (Wildman–Crippen MR) is 64.6 cm³/mol. The Morgan fingerprint density at radius 1 is 1.53 bits per heavy atom. The molecule has 104 valence electrons. The van der Waals surface area contributed by atoms with Crippen LogP contribution in [0.3, 0.4) is 0 Å². The van der Waals surface area contributed by atoms with Gasteiger partial charge in [-0.3, -0.25) is 4.79 Å². The molecule has 0 saturated carbocycles. The van der Waals surface area contributed by atoms with E-state index in [0.29, 0.717) is 6.42 Å². The zero-order valence-electron chi connectivity index (χ0n) is 10.7. The highest BCUT2D eigenvalue weighted by molar-refractivity contribution is 5.70. The van der Waals surface area contributed by atoms with Gasteiger partial charge in [0.1, 0.15) is 11.6 Å². The van der Waals surface area contributed by atoms with Crippen molar-refractivity contribution in [3.05, 3.63) is 35.4 Å². The standard InChI is InChI=1S/C14H16F2O3/c1-2-5-14(7-9(8-19-14)13(17)18)11-4-3-10(15)6-12(11)16/h3-4,6,9H,2,5,7-8H2,1H3,(H,17,18). The lowest BCUT2D eigenvalue weighted by Gasteiger charge is -2.29. The van der Waals surface area contributed by atoms with E-state index in [1.54, 1.807) is 0 Å². The molecule has 1 aliphatic rings. The van der Waals surface area contributed by atoms with E-state index in [-0.39, 0.29) is 18.6 Å². The summed E-state index contributed by atoms with van der Waals surface area (Å²) in [5.74, 6) is -2.92. The number of carboxylic acid groups (broad SMARTS) is 1. The van der Waals surface area contributed by atoms with E-state index >= 15 is 0 Å². The van der Waals surface area contributed by atoms with E-state index in [2.05, 4.69) is 0 Å². The molecule has 2 atom stereocenters. The zero-order chi connectivity index (χ0) is 14.0. The molecule has 0 aromatic heterocycles. The van der Waals surface area contributed by atoms with Gasteiger partial charge in [-0.05, 0) is 18.9 Å². The molecule has 2 unspecified atom stereocenters. The highest BCUT2D eigenvalue weighted by Gasteiger charge is 2.45. The number of ether oxygens (including phenoxy) is 1. The third-order valence-corrected chi connectivity index (χ3v) is 3.56. The smallest absolute Gasteiger partial charge is 0.308 e. The monoisotopic (exact) mass is 270 g/mol. The largest absolute Gasteiger partial charge is 0.481 e. The van der Waals surface area contributed by atoms with Crippen LogP contribution in [0.15, 0.2) is 18.2 Å². The third kappa shape index (κ3) is 2.61. The van der Waals surface area contributed by atoms with E-state index < -0.39 is 29.1 Å². The first kappa shape index (κ1) is 13.9. The highest BCUT2D eigenvalue weighted by atomic mass is 19.1. The van der Waals surface area contributed by atoms with Crippen LogP contribution in [0.5, 0.6) is 0 Å². The van der Waals surface area contributed by atoms with Crippen molar-refractivity contribution in [2.24, 2.45) is 5.92 Å². The summed E-state index contributed by atoms with van der Waals surface area (Å²) in [6, 6.07) is 3.34. The molecule has 0 aliphatic carbocycles. The van der Waals surface area contributed by atoms with E-state index in [1.165, 1.54) is 12.1 Å². The lowest BCUT2D eigenvalue weighted by molar-refractivity contribution is -0.141. The Labute approximate surface area is 110 Å². The van der Waals surface area contributed by atoms with Gasteiger partial charge in [-0.25, -0.2) is 8.78 Å². The molecule has 1 saturated heterocycles. The van der Waals surface area contributed by atoms with Gasteiger partial charge in [0.15, 0.2) is 0 Å². The van der Waals surface area contributed by atoms with Gasteiger partial charge >= 0.3 is 5.97 Å². The predicted octanol–water partition coefficient (Wildman–Crippen LogP) is 3.08. The van der Waals surface area contributed by atoms with Crippen LogP contribution < -0.4 is 0 Å². The first-order chi connectivity index (χ1) is 8.98. The Hall–Kier alpha value is -1.49. The zero-order valence-corrected chi connectivity index (χ0v) is 10.7. The van der Waals surface area contributed by atoms with Gasteiger partial charge < -0.3 is 9.84 Å². The second kappa shape index (κ2) is 5.25. The van der Waals surface area contributed by atoms with Crippen LogP contribution in [-0.2, 0) is 15.1 Å².